The van der Waals surface area contributed by atoms with Crippen LogP contribution in [0.25, 0.3) is 0 Å². The Labute approximate surface area is 344 Å². The summed E-state index contributed by atoms with van der Waals surface area (Å²) < 4.78 is 36.5. The number of carbonyl (C=O) groups is 2. The highest BCUT2D eigenvalue weighted by atomic mass is 28.4. The first-order valence-corrected chi connectivity index (χ1v) is 23.4. The van der Waals surface area contributed by atoms with E-state index in [2.05, 4.69) is 76.9 Å². The quantitative estimate of drug-likeness (QED) is 0.0481. The Morgan fingerprint density at radius 2 is 1.79 bits per heavy atom. The van der Waals surface area contributed by atoms with Crippen LogP contribution < -0.4 is 4.74 Å². The number of aliphatic hydroxyl groups excluding tert-OH is 1. The van der Waals surface area contributed by atoms with Gasteiger partial charge in [-0.05, 0) is 95.1 Å². The van der Waals surface area contributed by atoms with Crippen LogP contribution in [0.1, 0.15) is 106 Å². The van der Waals surface area contributed by atoms with Gasteiger partial charge in [-0.2, -0.15) is 0 Å². The predicted molar refractivity (Wildman–Crippen MR) is 229 cm³/mol. The van der Waals surface area contributed by atoms with E-state index in [-0.39, 0.29) is 53.7 Å². The van der Waals surface area contributed by atoms with Crippen LogP contribution in [-0.2, 0) is 39.6 Å². The summed E-state index contributed by atoms with van der Waals surface area (Å²) in [6, 6.07) is 7.83. The molecule has 0 spiro atoms. The van der Waals surface area contributed by atoms with Crippen LogP contribution in [0.4, 0.5) is 0 Å². The largest absolute Gasteiger partial charge is 0.497 e. The van der Waals surface area contributed by atoms with E-state index < -0.39 is 26.0 Å². The highest BCUT2D eigenvalue weighted by Crippen LogP contribution is 2.38. The van der Waals surface area contributed by atoms with Crippen LogP contribution >= 0.6 is 0 Å². The molecule has 2 aliphatic heterocycles. The fourth-order valence-electron chi connectivity index (χ4n) is 6.31. The third kappa shape index (κ3) is 18.4. The number of esters is 1. The molecule has 1 N–H and O–H groups in total. The van der Waals surface area contributed by atoms with Crippen molar-refractivity contribution < 1.29 is 42.8 Å². The van der Waals surface area contributed by atoms with Crippen molar-refractivity contribution in [3.63, 3.8) is 0 Å². The molecule has 0 fully saturated rings. The van der Waals surface area contributed by atoms with E-state index in [0.717, 1.165) is 24.2 Å². The van der Waals surface area contributed by atoms with E-state index in [0.29, 0.717) is 38.9 Å². The first-order valence-electron chi connectivity index (χ1n) is 20.5. The van der Waals surface area contributed by atoms with Gasteiger partial charge >= 0.3 is 5.97 Å². The molecule has 1 aromatic rings. The molecule has 9 nitrogen and oxygen atoms in total. The number of aliphatic hydroxyl groups is 1. The Kier molecular flexibility index (Phi) is 19.2. The van der Waals surface area contributed by atoms with E-state index in [4.69, 9.17) is 28.1 Å². The number of methoxy groups -OCH3 is 1. The van der Waals surface area contributed by atoms with E-state index in [1.54, 1.807) is 34.0 Å². The molecule has 57 heavy (non-hydrogen) atoms. The van der Waals surface area contributed by atoms with Crippen LogP contribution in [0.5, 0.6) is 5.75 Å². The summed E-state index contributed by atoms with van der Waals surface area (Å²) >= 11 is 0. The number of carbonyl (C=O) groups excluding carboxylic acids is 2. The van der Waals surface area contributed by atoms with Gasteiger partial charge in [0.25, 0.3) is 0 Å². The van der Waals surface area contributed by atoms with Crippen molar-refractivity contribution in [1.82, 2.24) is 0 Å². The second-order valence-corrected chi connectivity index (χ2v) is 22.8. The van der Waals surface area contributed by atoms with Gasteiger partial charge in [-0.25, -0.2) is 4.79 Å². The second-order valence-electron chi connectivity index (χ2n) is 18.0. The highest BCUT2D eigenvalue weighted by Gasteiger charge is 2.40. The number of hydrogen-bond acceptors (Lipinski definition) is 9. The SMILES string of the molecule is COc1ccc(CO[C@@H](C/C=C/[C@@H](O)CC(=O)C[C@H](C)C[C@@H]2CC=C[C@@H](CC#CC(=O)OC(C)(C)C)O2)[C@H](/C=C/[C@@H]2CC(C)=CCO2)O[Si](C)(C)C(C)(C)C)cc1. The second kappa shape index (κ2) is 22.7. The predicted octanol–water partition coefficient (Wildman–Crippen LogP) is 9.39. The molecule has 2 aliphatic rings. The molecule has 1 aromatic carbocycles. The number of Topliss-reactive ketones (excluding diaryl/α,β-unsaturated/α-hetero) is 1. The molecule has 0 aromatic heterocycles. The van der Waals surface area contributed by atoms with Crippen LogP contribution in [-0.4, -0.2) is 81.1 Å². The fourth-order valence-corrected chi connectivity index (χ4v) is 7.57. The summed E-state index contributed by atoms with van der Waals surface area (Å²) in [6.07, 6.45) is 15.5. The third-order valence-electron chi connectivity index (χ3n) is 10.4. The number of hydrogen-bond donors (Lipinski definition) is 1. The van der Waals surface area contributed by atoms with Gasteiger partial charge in [0.15, 0.2) is 8.32 Å². The lowest BCUT2D eigenvalue weighted by Gasteiger charge is -2.40. The van der Waals surface area contributed by atoms with Gasteiger partial charge in [0.05, 0.1) is 56.9 Å². The summed E-state index contributed by atoms with van der Waals surface area (Å²) in [5.41, 5.74) is 1.73. The van der Waals surface area contributed by atoms with Crippen molar-refractivity contribution in [2.45, 2.75) is 167 Å². The van der Waals surface area contributed by atoms with Crippen molar-refractivity contribution in [3.05, 3.63) is 77.9 Å². The molecule has 0 radical (unpaired) electrons. The van der Waals surface area contributed by atoms with E-state index in [9.17, 15) is 14.7 Å². The molecule has 0 aliphatic carbocycles. The average Bonchev–Trinajstić information content (AvgIpc) is 3.10. The number of ketones is 1. The minimum atomic E-state index is -2.24. The van der Waals surface area contributed by atoms with Crippen LogP contribution in [0, 0.1) is 17.8 Å². The van der Waals surface area contributed by atoms with Crippen LogP contribution in [0.15, 0.2) is 72.4 Å². The summed E-state index contributed by atoms with van der Waals surface area (Å²) in [6.45, 7) is 21.7. The maximum Gasteiger partial charge on any atom is 0.384 e. The Hall–Kier alpha value is -3.30. The van der Waals surface area contributed by atoms with Gasteiger partial charge in [-0.15, -0.1) is 0 Å². The molecule has 0 amide bonds. The Bertz CT molecular complexity index is 1600. The molecule has 0 bridgehead atoms. The topological polar surface area (TPSA) is 110 Å². The zero-order valence-electron chi connectivity index (χ0n) is 36.5. The third-order valence-corrected chi connectivity index (χ3v) is 14.9. The van der Waals surface area contributed by atoms with Crippen molar-refractivity contribution in [1.29, 1.82) is 0 Å². The number of rotatable bonds is 19. The minimum absolute atomic E-state index is 0.00280. The molecule has 316 valence electrons. The molecular formula is C47H70O9Si. The minimum Gasteiger partial charge on any atom is -0.497 e. The zero-order chi connectivity index (χ0) is 42.2. The summed E-state index contributed by atoms with van der Waals surface area (Å²) in [5.74, 6) is 5.71. The summed E-state index contributed by atoms with van der Waals surface area (Å²) in [4.78, 5) is 25.0. The van der Waals surface area contributed by atoms with E-state index in [1.807, 2.05) is 43.3 Å². The van der Waals surface area contributed by atoms with Crippen molar-refractivity contribution in [3.8, 4) is 17.6 Å². The van der Waals surface area contributed by atoms with Gasteiger partial charge in [-0.1, -0.05) is 93.9 Å². The molecule has 3 rings (SSSR count). The van der Waals surface area contributed by atoms with Crippen molar-refractivity contribution >= 4 is 20.1 Å². The van der Waals surface area contributed by atoms with Gasteiger partial charge < -0.3 is 33.2 Å². The van der Waals surface area contributed by atoms with Crippen molar-refractivity contribution in [2.75, 3.05) is 13.7 Å². The van der Waals surface area contributed by atoms with Gasteiger partial charge in [-0.3, -0.25) is 4.79 Å². The van der Waals surface area contributed by atoms with Crippen LogP contribution in [0.2, 0.25) is 18.1 Å². The van der Waals surface area contributed by atoms with Crippen LogP contribution in [0.3, 0.4) is 0 Å². The molecule has 7 atom stereocenters. The molecular weight excluding hydrogens is 737 g/mol. The molecule has 2 heterocycles. The smallest absolute Gasteiger partial charge is 0.384 e. The maximum absolute atomic E-state index is 13.1. The number of ether oxygens (including phenoxy) is 5. The van der Waals surface area contributed by atoms with Gasteiger partial charge in [0.1, 0.15) is 17.1 Å². The summed E-state index contributed by atoms with van der Waals surface area (Å²) in [7, 11) is -0.594. The maximum atomic E-state index is 13.1. The Morgan fingerprint density at radius 3 is 2.44 bits per heavy atom. The summed E-state index contributed by atoms with van der Waals surface area (Å²) in [5, 5.41) is 10.9. The zero-order valence-corrected chi connectivity index (χ0v) is 37.5. The van der Waals surface area contributed by atoms with E-state index >= 15 is 0 Å². The monoisotopic (exact) mass is 806 g/mol. The van der Waals surface area contributed by atoms with Crippen molar-refractivity contribution in [2.24, 2.45) is 5.92 Å². The first-order chi connectivity index (χ1) is 26.7. The lowest BCUT2D eigenvalue weighted by Crippen LogP contribution is -2.47. The lowest BCUT2D eigenvalue weighted by atomic mass is 9.93. The van der Waals surface area contributed by atoms with E-state index in [1.165, 1.54) is 5.57 Å². The average molecular weight is 807 g/mol. The van der Waals surface area contributed by atoms with Gasteiger partial charge in [0.2, 0.25) is 0 Å². The molecule has 10 heteroatoms. The Morgan fingerprint density at radius 1 is 1.07 bits per heavy atom. The standard InChI is InChI=1S/C47H70O9Si/c1-34-27-28-52-41(30-34)25-26-44(56-57(10,11)47(6,7)8)43(53-33-36-21-23-39(51-9)24-22-36)19-12-15-37(48)32-38(49)29-35(2)31-42-18-13-16-40(54-42)17-14-20-45(50)55-46(3,4)5/h12-13,15-16,21-27,35,37,40-44,48H,17-19,28-33H2,1-11H3/b15-12+,26-25+/t35-,37+,40-,41+,42-,43-,44-/m0/s1. The fraction of sp³-hybridized carbons (Fsp3) is 0.617. The molecule has 0 unspecified atom stereocenters. The normalized spacial score (nSPS) is 21.3. The Balaban J connectivity index is 1.63. The lowest BCUT2D eigenvalue weighted by molar-refractivity contribution is -0.147. The number of benzene rings is 1. The molecule has 0 saturated carbocycles. The highest BCUT2D eigenvalue weighted by molar-refractivity contribution is 6.74. The molecule has 0 saturated heterocycles. The van der Waals surface area contributed by atoms with Gasteiger partial charge in [0, 0.05) is 25.2 Å². The first kappa shape index (κ1) is 48.1.